The first-order valence-electron chi connectivity index (χ1n) is 7.99. The number of nitrogens with two attached hydrogens (primary N) is 1. The zero-order valence-electron chi connectivity index (χ0n) is 13.5. The van der Waals surface area contributed by atoms with Gasteiger partial charge in [-0.15, -0.1) is 0 Å². The lowest BCUT2D eigenvalue weighted by atomic mass is 9.99. The highest BCUT2D eigenvalue weighted by Crippen LogP contribution is 2.32. The average Bonchev–Trinajstić information content (AvgIpc) is 2.46. The summed E-state index contributed by atoms with van der Waals surface area (Å²) in [5.74, 6) is 1.68. The molecule has 4 nitrogen and oxygen atoms in total. The second kappa shape index (κ2) is 7.14. The lowest BCUT2D eigenvalue weighted by molar-refractivity contribution is 0.108. The third-order valence-corrected chi connectivity index (χ3v) is 3.88. The monoisotopic (exact) mass is 292 g/mol. The smallest absolute Gasteiger partial charge is 0.161 e. The molecule has 0 fully saturated rings. The van der Waals surface area contributed by atoms with E-state index in [0.29, 0.717) is 13.2 Å². The Labute approximate surface area is 128 Å². The van der Waals surface area contributed by atoms with E-state index in [-0.39, 0.29) is 5.66 Å². The summed E-state index contributed by atoms with van der Waals surface area (Å²) >= 11 is 0. The van der Waals surface area contributed by atoms with E-state index in [0.717, 1.165) is 43.9 Å². The van der Waals surface area contributed by atoms with Gasteiger partial charge in [-0.05, 0) is 50.6 Å². The van der Waals surface area contributed by atoms with Crippen molar-refractivity contribution in [3.05, 3.63) is 23.8 Å². The van der Waals surface area contributed by atoms with Crippen LogP contribution in [0.2, 0.25) is 0 Å². The molecule has 0 saturated heterocycles. The van der Waals surface area contributed by atoms with Crippen molar-refractivity contribution in [3.8, 4) is 11.5 Å². The molecule has 1 aliphatic heterocycles. The van der Waals surface area contributed by atoms with Crippen LogP contribution in [0, 0.1) is 0 Å². The molecule has 4 heteroatoms. The Morgan fingerprint density at radius 2 is 1.71 bits per heavy atom. The Bertz CT molecular complexity index is 454. The van der Waals surface area contributed by atoms with Crippen molar-refractivity contribution < 1.29 is 9.47 Å². The SMILES string of the molecule is CCCN(CCC)C(C)(N)Cc1ccc2c(c1)OCCO2. The zero-order valence-corrected chi connectivity index (χ0v) is 13.5. The Kier molecular flexibility index (Phi) is 5.48. The Balaban J connectivity index is 2.11. The molecule has 1 aliphatic rings. The Morgan fingerprint density at radius 3 is 2.33 bits per heavy atom. The van der Waals surface area contributed by atoms with Gasteiger partial charge in [0.2, 0.25) is 0 Å². The van der Waals surface area contributed by atoms with Gasteiger partial charge >= 0.3 is 0 Å². The first-order valence-corrected chi connectivity index (χ1v) is 7.99. The van der Waals surface area contributed by atoms with Crippen LogP contribution in [0.25, 0.3) is 0 Å². The van der Waals surface area contributed by atoms with E-state index in [9.17, 15) is 0 Å². The molecule has 1 heterocycles. The summed E-state index contributed by atoms with van der Waals surface area (Å²) in [5.41, 5.74) is 7.45. The molecule has 0 spiro atoms. The van der Waals surface area contributed by atoms with Crippen LogP contribution in [0.5, 0.6) is 11.5 Å². The third kappa shape index (κ3) is 4.11. The normalized spacial score (nSPS) is 16.8. The van der Waals surface area contributed by atoms with Gasteiger partial charge in [-0.3, -0.25) is 4.90 Å². The van der Waals surface area contributed by atoms with Gasteiger partial charge in [0.05, 0.1) is 5.66 Å². The van der Waals surface area contributed by atoms with E-state index in [1.807, 2.05) is 6.07 Å². The quantitative estimate of drug-likeness (QED) is 0.785. The average molecular weight is 292 g/mol. The summed E-state index contributed by atoms with van der Waals surface area (Å²) in [6, 6.07) is 6.15. The summed E-state index contributed by atoms with van der Waals surface area (Å²) in [4.78, 5) is 2.38. The predicted octanol–water partition coefficient (Wildman–Crippen LogP) is 2.80. The number of fused-ring (bicyclic) bond motifs is 1. The molecule has 0 radical (unpaired) electrons. The van der Waals surface area contributed by atoms with Crippen molar-refractivity contribution >= 4 is 0 Å². The molecular formula is C17H28N2O2. The van der Waals surface area contributed by atoms with Crippen LogP contribution < -0.4 is 15.2 Å². The number of benzene rings is 1. The molecule has 0 amide bonds. The molecule has 0 bridgehead atoms. The van der Waals surface area contributed by atoms with Crippen molar-refractivity contribution in [1.29, 1.82) is 0 Å². The van der Waals surface area contributed by atoms with Crippen molar-refractivity contribution in [2.24, 2.45) is 5.73 Å². The molecule has 2 N–H and O–H groups in total. The molecule has 1 aromatic carbocycles. The van der Waals surface area contributed by atoms with E-state index in [1.165, 1.54) is 5.56 Å². The van der Waals surface area contributed by atoms with Gasteiger partial charge in [0.1, 0.15) is 13.2 Å². The van der Waals surface area contributed by atoms with E-state index < -0.39 is 0 Å². The highest BCUT2D eigenvalue weighted by molar-refractivity contribution is 5.44. The number of ether oxygens (including phenoxy) is 2. The second-order valence-electron chi connectivity index (χ2n) is 6.00. The number of hydrogen-bond donors (Lipinski definition) is 1. The molecule has 1 unspecified atom stereocenters. The van der Waals surface area contributed by atoms with Crippen LogP contribution in [0.1, 0.15) is 39.2 Å². The zero-order chi connectivity index (χ0) is 15.3. The number of hydrogen-bond acceptors (Lipinski definition) is 4. The lowest BCUT2D eigenvalue weighted by Crippen LogP contribution is -2.55. The van der Waals surface area contributed by atoms with E-state index >= 15 is 0 Å². The first kappa shape index (κ1) is 16.1. The summed E-state index contributed by atoms with van der Waals surface area (Å²) in [5, 5.41) is 0. The van der Waals surface area contributed by atoms with Gasteiger partial charge in [0.15, 0.2) is 11.5 Å². The first-order chi connectivity index (χ1) is 10.1. The van der Waals surface area contributed by atoms with Gasteiger partial charge in [-0.25, -0.2) is 0 Å². The maximum Gasteiger partial charge on any atom is 0.161 e. The minimum Gasteiger partial charge on any atom is -0.486 e. The second-order valence-corrected chi connectivity index (χ2v) is 6.00. The molecule has 1 atom stereocenters. The molecule has 2 rings (SSSR count). The molecule has 0 aromatic heterocycles. The van der Waals surface area contributed by atoms with Gasteiger partial charge in [0.25, 0.3) is 0 Å². The van der Waals surface area contributed by atoms with E-state index in [4.69, 9.17) is 15.2 Å². The Morgan fingerprint density at radius 1 is 1.10 bits per heavy atom. The van der Waals surface area contributed by atoms with E-state index in [1.54, 1.807) is 0 Å². The van der Waals surface area contributed by atoms with Gasteiger partial charge < -0.3 is 15.2 Å². The van der Waals surface area contributed by atoms with Crippen molar-refractivity contribution in [2.75, 3.05) is 26.3 Å². The lowest BCUT2D eigenvalue weighted by Gasteiger charge is -2.38. The maximum atomic E-state index is 6.60. The van der Waals surface area contributed by atoms with Crippen molar-refractivity contribution in [1.82, 2.24) is 4.90 Å². The summed E-state index contributed by atoms with van der Waals surface area (Å²) in [6.45, 7) is 9.83. The van der Waals surface area contributed by atoms with Crippen molar-refractivity contribution in [2.45, 2.75) is 45.7 Å². The minimum atomic E-state index is -0.338. The molecule has 21 heavy (non-hydrogen) atoms. The van der Waals surface area contributed by atoms with Crippen LogP contribution in [0.3, 0.4) is 0 Å². The standard InChI is InChI=1S/C17H28N2O2/c1-4-8-19(9-5-2)17(3,18)13-14-6-7-15-16(12-14)21-11-10-20-15/h6-7,12H,4-5,8-11,13,18H2,1-3H3. The highest BCUT2D eigenvalue weighted by atomic mass is 16.6. The Hall–Kier alpha value is -1.26. The predicted molar refractivity (Wildman–Crippen MR) is 85.9 cm³/mol. The van der Waals surface area contributed by atoms with Crippen molar-refractivity contribution in [3.63, 3.8) is 0 Å². The van der Waals surface area contributed by atoms with Gasteiger partial charge in [-0.1, -0.05) is 19.9 Å². The van der Waals surface area contributed by atoms with Gasteiger partial charge in [0, 0.05) is 6.42 Å². The fourth-order valence-corrected chi connectivity index (χ4v) is 2.89. The summed E-state index contributed by atoms with van der Waals surface area (Å²) < 4.78 is 11.2. The van der Waals surface area contributed by atoms with E-state index in [2.05, 4.69) is 37.8 Å². The summed E-state index contributed by atoms with van der Waals surface area (Å²) in [6.07, 6.45) is 3.05. The molecule has 118 valence electrons. The highest BCUT2D eigenvalue weighted by Gasteiger charge is 2.27. The van der Waals surface area contributed by atoms with Crippen LogP contribution in [0.4, 0.5) is 0 Å². The number of nitrogens with zero attached hydrogens (tertiary/aromatic N) is 1. The fraction of sp³-hybridized carbons (Fsp3) is 0.647. The molecular weight excluding hydrogens is 264 g/mol. The molecule has 1 aromatic rings. The van der Waals surface area contributed by atoms with Gasteiger partial charge in [-0.2, -0.15) is 0 Å². The fourth-order valence-electron chi connectivity index (χ4n) is 2.89. The summed E-state index contributed by atoms with van der Waals surface area (Å²) in [7, 11) is 0. The minimum absolute atomic E-state index is 0.338. The molecule has 0 aliphatic carbocycles. The van der Waals surface area contributed by atoms with Crippen LogP contribution >= 0.6 is 0 Å². The largest absolute Gasteiger partial charge is 0.486 e. The number of rotatable bonds is 7. The third-order valence-electron chi connectivity index (χ3n) is 3.88. The van der Waals surface area contributed by atoms with Crippen LogP contribution in [-0.4, -0.2) is 36.9 Å². The van der Waals surface area contributed by atoms with Crippen LogP contribution in [-0.2, 0) is 6.42 Å². The topological polar surface area (TPSA) is 47.7 Å². The van der Waals surface area contributed by atoms with Crippen LogP contribution in [0.15, 0.2) is 18.2 Å². The molecule has 0 saturated carbocycles. The maximum absolute atomic E-state index is 6.60.